The van der Waals surface area contributed by atoms with Crippen molar-refractivity contribution in [1.82, 2.24) is 0 Å². The van der Waals surface area contributed by atoms with Crippen LogP contribution in [0.1, 0.15) is 21.5 Å². The topological polar surface area (TPSA) is 35.5 Å². The predicted octanol–water partition coefficient (Wildman–Crippen LogP) is 6.12. The Labute approximate surface area is 168 Å². The second kappa shape index (κ2) is 7.49. The minimum atomic E-state index is 0.0172. The van der Waals surface area contributed by atoms with Crippen LogP contribution in [0.4, 0.5) is 0 Å². The lowest BCUT2D eigenvalue weighted by molar-refractivity contribution is 0.104. The molecule has 0 unspecified atom stereocenters. The maximum absolute atomic E-state index is 13.5. The first-order chi connectivity index (χ1) is 13.6. The van der Waals surface area contributed by atoms with Gasteiger partial charge in [-0.2, -0.15) is 0 Å². The molecule has 0 saturated heterocycles. The summed E-state index contributed by atoms with van der Waals surface area (Å²) in [6.07, 6.45) is 0. The van der Waals surface area contributed by atoms with Crippen molar-refractivity contribution >= 4 is 27.2 Å². The number of carbonyl (C=O) groups excluding carboxylic acids is 1. The van der Waals surface area contributed by atoms with Gasteiger partial charge in [-0.3, -0.25) is 4.79 Å². The molecule has 3 nitrogen and oxygen atoms in total. The van der Waals surface area contributed by atoms with Crippen LogP contribution in [0.15, 0.2) is 66.7 Å². The molecule has 4 aromatic rings. The number of methoxy groups -OCH3 is 2. The largest absolute Gasteiger partial charge is 0.497 e. The molecule has 28 heavy (non-hydrogen) atoms. The molecule has 1 aromatic heterocycles. The van der Waals surface area contributed by atoms with Crippen LogP contribution in [0.2, 0.25) is 0 Å². The summed E-state index contributed by atoms with van der Waals surface area (Å²) in [7, 11) is 3.27. The van der Waals surface area contributed by atoms with E-state index in [9.17, 15) is 4.79 Å². The minimum Gasteiger partial charge on any atom is -0.497 e. The lowest BCUT2D eigenvalue weighted by Gasteiger charge is -2.07. The Kier molecular flexibility index (Phi) is 4.88. The van der Waals surface area contributed by atoms with E-state index in [1.54, 1.807) is 25.6 Å². The number of carbonyl (C=O) groups is 1. The van der Waals surface area contributed by atoms with Crippen LogP contribution >= 0.6 is 11.3 Å². The Morgan fingerprint density at radius 2 is 1.43 bits per heavy atom. The summed E-state index contributed by atoms with van der Waals surface area (Å²) in [6, 6.07) is 21.4. The third-order valence-electron chi connectivity index (χ3n) is 4.78. The Balaban J connectivity index is 1.89. The molecule has 3 aromatic carbocycles. The standard InChI is InChI=1S/C24H20O3S/c1-15-4-13-20-21(14-15)28-24(17-7-11-19(27-3)12-8-17)22(20)23(25)16-5-9-18(26-2)10-6-16/h4-14H,1-3H3. The molecule has 4 heteroatoms. The third kappa shape index (κ3) is 3.27. The maximum Gasteiger partial charge on any atom is 0.195 e. The highest BCUT2D eigenvalue weighted by atomic mass is 32.1. The molecule has 1 heterocycles. The number of rotatable bonds is 5. The Morgan fingerprint density at radius 3 is 2.04 bits per heavy atom. The van der Waals surface area contributed by atoms with Crippen LogP contribution in [-0.2, 0) is 0 Å². The zero-order chi connectivity index (χ0) is 19.7. The summed E-state index contributed by atoms with van der Waals surface area (Å²) >= 11 is 1.65. The van der Waals surface area contributed by atoms with Gasteiger partial charge in [0.2, 0.25) is 0 Å². The van der Waals surface area contributed by atoms with E-state index in [1.807, 2.05) is 54.6 Å². The number of fused-ring (bicyclic) bond motifs is 1. The summed E-state index contributed by atoms with van der Waals surface area (Å²) in [4.78, 5) is 14.4. The summed E-state index contributed by atoms with van der Waals surface area (Å²) < 4.78 is 11.6. The second-order valence-electron chi connectivity index (χ2n) is 6.59. The van der Waals surface area contributed by atoms with Gasteiger partial charge >= 0.3 is 0 Å². The minimum absolute atomic E-state index is 0.0172. The lowest BCUT2D eigenvalue weighted by atomic mass is 9.97. The highest BCUT2D eigenvalue weighted by Gasteiger charge is 2.21. The van der Waals surface area contributed by atoms with E-state index in [4.69, 9.17) is 9.47 Å². The van der Waals surface area contributed by atoms with Gasteiger partial charge in [-0.1, -0.05) is 12.1 Å². The smallest absolute Gasteiger partial charge is 0.195 e. The molecule has 0 aliphatic heterocycles. The number of ether oxygens (including phenoxy) is 2. The zero-order valence-corrected chi connectivity index (χ0v) is 16.8. The number of benzene rings is 3. The van der Waals surface area contributed by atoms with E-state index >= 15 is 0 Å². The molecule has 4 rings (SSSR count). The zero-order valence-electron chi connectivity index (χ0n) is 16.0. The van der Waals surface area contributed by atoms with Crippen molar-refractivity contribution in [2.24, 2.45) is 0 Å². The fourth-order valence-corrected chi connectivity index (χ4v) is 4.57. The molecule has 0 spiro atoms. The molecular weight excluding hydrogens is 368 g/mol. The van der Waals surface area contributed by atoms with Crippen LogP contribution in [0.3, 0.4) is 0 Å². The van der Waals surface area contributed by atoms with Crippen molar-refractivity contribution in [2.75, 3.05) is 14.2 Å². The van der Waals surface area contributed by atoms with Crippen molar-refractivity contribution in [3.63, 3.8) is 0 Å². The first-order valence-corrected chi connectivity index (χ1v) is 9.78. The SMILES string of the molecule is COc1ccc(C(=O)c2c(-c3ccc(OC)cc3)sc3cc(C)ccc23)cc1. The molecule has 0 bridgehead atoms. The van der Waals surface area contributed by atoms with Crippen molar-refractivity contribution in [3.05, 3.63) is 83.4 Å². The van der Waals surface area contributed by atoms with Crippen molar-refractivity contribution in [2.45, 2.75) is 6.92 Å². The molecule has 0 saturated carbocycles. The monoisotopic (exact) mass is 388 g/mol. The van der Waals surface area contributed by atoms with Crippen molar-refractivity contribution < 1.29 is 14.3 Å². The van der Waals surface area contributed by atoms with Gasteiger partial charge in [0.1, 0.15) is 11.5 Å². The number of thiophene rings is 1. The third-order valence-corrected chi connectivity index (χ3v) is 5.98. The van der Waals surface area contributed by atoms with Gasteiger partial charge in [-0.15, -0.1) is 11.3 Å². The fraction of sp³-hybridized carbons (Fsp3) is 0.125. The van der Waals surface area contributed by atoms with E-state index in [0.29, 0.717) is 5.56 Å². The van der Waals surface area contributed by atoms with Crippen LogP contribution in [0.25, 0.3) is 20.5 Å². The summed E-state index contributed by atoms with van der Waals surface area (Å²) in [5.74, 6) is 1.55. The molecule has 0 amide bonds. The van der Waals surface area contributed by atoms with Gasteiger partial charge in [0.25, 0.3) is 0 Å². The van der Waals surface area contributed by atoms with Crippen LogP contribution in [0, 0.1) is 6.92 Å². The quantitative estimate of drug-likeness (QED) is 0.386. The highest BCUT2D eigenvalue weighted by molar-refractivity contribution is 7.22. The number of aryl methyl sites for hydroxylation is 1. The number of ketones is 1. The van der Waals surface area contributed by atoms with Gasteiger partial charge in [-0.05, 0) is 72.6 Å². The fourth-order valence-electron chi connectivity index (χ4n) is 3.26. The lowest BCUT2D eigenvalue weighted by Crippen LogP contribution is -2.02. The average molecular weight is 388 g/mol. The van der Waals surface area contributed by atoms with Crippen molar-refractivity contribution in [1.29, 1.82) is 0 Å². The molecular formula is C24H20O3S. The Bertz CT molecular complexity index is 1140. The Morgan fingerprint density at radius 1 is 0.821 bits per heavy atom. The van der Waals surface area contributed by atoms with Crippen LogP contribution < -0.4 is 9.47 Å². The van der Waals surface area contributed by atoms with Crippen LogP contribution in [0.5, 0.6) is 11.5 Å². The van der Waals surface area contributed by atoms with E-state index in [2.05, 4.69) is 19.1 Å². The highest BCUT2D eigenvalue weighted by Crippen LogP contribution is 2.40. The Hall–Kier alpha value is -3.11. The van der Waals surface area contributed by atoms with Gasteiger partial charge in [0, 0.05) is 26.1 Å². The number of hydrogen-bond donors (Lipinski definition) is 0. The normalized spacial score (nSPS) is 10.8. The van der Waals surface area contributed by atoms with Gasteiger partial charge in [-0.25, -0.2) is 0 Å². The first-order valence-electron chi connectivity index (χ1n) is 8.97. The number of hydrogen-bond acceptors (Lipinski definition) is 4. The molecule has 140 valence electrons. The summed E-state index contributed by atoms with van der Waals surface area (Å²) in [5.41, 5.74) is 3.58. The average Bonchev–Trinajstić information content (AvgIpc) is 3.11. The van der Waals surface area contributed by atoms with E-state index in [-0.39, 0.29) is 5.78 Å². The van der Waals surface area contributed by atoms with Crippen LogP contribution in [-0.4, -0.2) is 20.0 Å². The second-order valence-corrected chi connectivity index (χ2v) is 7.64. The van der Waals surface area contributed by atoms with Crippen molar-refractivity contribution in [3.8, 4) is 21.9 Å². The van der Waals surface area contributed by atoms with Gasteiger partial charge in [0.05, 0.1) is 14.2 Å². The molecule has 0 atom stereocenters. The molecule has 0 radical (unpaired) electrons. The molecule has 0 aliphatic rings. The molecule has 0 fully saturated rings. The van der Waals surface area contributed by atoms with E-state index in [0.717, 1.165) is 37.6 Å². The van der Waals surface area contributed by atoms with E-state index < -0.39 is 0 Å². The molecule has 0 aliphatic carbocycles. The van der Waals surface area contributed by atoms with Gasteiger partial charge < -0.3 is 9.47 Å². The van der Waals surface area contributed by atoms with E-state index in [1.165, 1.54) is 5.56 Å². The summed E-state index contributed by atoms with van der Waals surface area (Å²) in [6.45, 7) is 2.07. The molecule has 0 N–H and O–H groups in total. The summed E-state index contributed by atoms with van der Waals surface area (Å²) in [5, 5.41) is 0.988. The first kappa shape index (κ1) is 18.3. The predicted molar refractivity (Wildman–Crippen MR) is 115 cm³/mol. The van der Waals surface area contributed by atoms with Gasteiger partial charge in [0.15, 0.2) is 5.78 Å². The maximum atomic E-state index is 13.5.